The SMILES string of the molecule is O=C1NC(=S)S[C@@H](c2ccccc2)[C@H]1c1ccccc1. The Morgan fingerprint density at radius 3 is 2.05 bits per heavy atom. The molecule has 1 aliphatic rings. The first kappa shape index (κ1) is 13.3. The van der Waals surface area contributed by atoms with Crippen LogP contribution in [0.1, 0.15) is 22.3 Å². The number of hydrogen-bond donors (Lipinski definition) is 1. The maximum Gasteiger partial charge on any atom is 0.234 e. The molecule has 4 heteroatoms. The van der Waals surface area contributed by atoms with Crippen molar-refractivity contribution >= 4 is 34.2 Å². The molecule has 2 aromatic carbocycles. The number of nitrogens with one attached hydrogen (secondary N) is 1. The fraction of sp³-hybridized carbons (Fsp3) is 0.125. The number of carbonyl (C=O) groups excluding carboxylic acids is 1. The second-order valence-electron chi connectivity index (χ2n) is 4.61. The van der Waals surface area contributed by atoms with Gasteiger partial charge in [0, 0.05) is 0 Å². The van der Waals surface area contributed by atoms with E-state index >= 15 is 0 Å². The maximum absolute atomic E-state index is 12.4. The second-order valence-corrected chi connectivity index (χ2v) is 6.43. The average Bonchev–Trinajstić information content (AvgIpc) is 2.48. The van der Waals surface area contributed by atoms with E-state index in [1.165, 1.54) is 0 Å². The summed E-state index contributed by atoms with van der Waals surface area (Å²) in [5.74, 6) is -0.232. The minimum Gasteiger partial charge on any atom is -0.311 e. The molecule has 100 valence electrons. The van der Waals surface area contributed by atoms with E-state index in [0.717, 1.165) is 11.1 Å². The molecule has 1 heterocycles. The van der Waals surface area contributed by atoms with Crippen LogP contribution in [-0.4, -0.2) is 10.2 Å². The van der Waals surface area contributed by atoms with Crippen LogP contribution in [0.25, 0.3) is 0 Å². The number of hydrogen-bond acceptors (Lipinski definition) is 3. The highest BCUT2D eigenvalue weighted by Gasteiger charge is 2.36. The van der Waals surface area contributed by atoms with Crippen LogP contribution in [0.2, 0.25) is 0 Å². The van der Waals surface area contributed by atoms with Gasteiger partial charge in [0.25, 0.3) is 0 Å². The topological polar surface area (TPSA) is 29.1 Å². The van der Waals surface area contributed by atoms with Gasteiger partial charge in [0.1, 0.15) is 4.32 Å². The summed E-state index contributed by atoms with van der Waals surface area (Å²) in [6.45, 7) is 0. The van der Waals surface area contributed by atoms with Gasteiger partial charge in [0.15, 0.2) is 0 Å². The largest absolute Gasteiger partial charge is 0.311 e. The normalized spacial score (nSPS) is 22.4. The monoisotopic (exact) mass is 299 g/mol. The molecule has 0 radical (unpaired) electrons. The van der Waals surface area contributed by atoms with Crippen molar-refractivity contribution in [2.75, 3.05) is 0 Å². The summed E-state index contributed by atoms with van der Waals surface area (Å²) < 4.78 is 0.552. The van der Waals surface area contributed by atoms with Gasteiger partial charge in [-0.25, -0.2) is 0 Å². The van der Waals surface area contributed by atoms with E-state index in [1.807, 2.05) is 48.5 Å². The Kier molecular flexibility index (Phi) is 3.85. The first-order valence-corrected chi connectivity index (χ1v) is 7.66. The van der Waals surface area contributed by atoms with Crippen molar-refractivity contribution in [2.45, 2.75) is 11.2 Å². The summed E-state index contributed by atoms with van der Waals surface area (Å²) in [6.07, 6.45) is 0. The quantitative estimate of drug-likeness (QED) is 0.858. The highest BCUT2D eigenvalue weighted by Crippen LogP contribution is 2.44. The molecule has 1 N–H and O–H groups in total. The van der Waals surface area contributed by atoms with Crippen molar-refractivity contribution in [3.8, 4) is 0 Å². The van der Waals surface area contributed by atoms with E-state index in [9.17, 15) is 4.79 Å². The first-order valence-electron chi connectivity index (χ1n) is 6.37. The summed E-state index contributed by atoms with van der Waals surface area (Å²) in [5, 5.41) is 2.81. The van der Waals surface area contributed by atoms with E-state index in [-0.39, 0.29) is 17.1 Å². The van der Waals surface area contributed by atoms with Crippen LogP contribution in [0.5, 0.6) is 0 Å². The number of carbonyl (C=O) groups is 1. The summed E-state index contributed by atoms with van der Waals surface area (Å²) >= 11 is 6.74. The summed E-state index contributed by atoms with van der Waals surface area (Å²) in [7, 11) is 0. The highest BCUT2D eigenvalue weighted by molar-refractivity contribution is 8.23. The molecule has 2 nitrogen and oxygen atoms in total. The highest BCUT2D eigenvalue weighted by atomic mass is 32.2. The van der Waals surface area contributed by atoms with E-state index in [4.69, 9.17) is 12.2 Å². The van der Waals surface area contributed by atoms with Gasteiger partial charge < -0.3 is 5.32 Å². The first-order chi connectivity index (χ1) is 9.75. The van der Waals surface area contributed by atoms with Gasteiger partial charge in [0.05, 0.1) is 11.2 Å². The minimum atomic E-state index is -0.213. The lowest BCUT2D eigenvalue weighted by Crippen LogP contribution is -2.39. The van der Waals surface area contributed by atoms with Crippen molar-refractivity contribution in [1.29, 1.82) is 0 Å². The smallest absolute Gasteiger partial charge is 0.234 e. The van der Waals surface area contributed by atoms with Gasteiger partial charge in [-0.05, 0) is 11.1 Å². The molecule has 1 fully saturated rings. The fourth-order valence-corrected chi connectivity index (χ4v) is 3.93. The van der Waals surface area contributed by atoms with Gasteiger partial charge in [-0.15, -0.1) is 0 Å². The Labute approximate surface area is 127 Å². The van der Waals surface area contributed by atoms with E-state index < -0.39 is 0 Å². The third-order valence-corrected chi connectivity index (χ3v) is 4.84. The summed E-state index contributed by atoms with van der Waals surface area (Å²) in [6, 6.07) is 19.9. The lowest BCUT2D eigenvalue weighted by molar-refractivity contribution is -0.121. The predicted octanol–water partition coefficient (Wildman–Crippen LogP) is 3.66. The molecule has 1 aliphatic heterocycles. The van der Waals surface area contributed by atoms with Gasteiger partial charge in [0.2, 0.25) is 5.91 Å². The molecule has 0 aliphatic carbocycles. The Balaban J connectivity index is 2.03. The molecule has 1 saturated heterocycles. The molecule has 0 aromatic heterocycles. The van der Waals surface area contributed by atoms with Crippen molar-refractivity contribution in [2.24, 2.45) is 0 Å². The van der Waals surface area contributed by atoms with Gasteiger partial charge in [-0.2, -0.15) is 0 Å². The van der Waals surface area contributed by atoms with Gasteiger partial charge in [-0.3, -0.25) is 4.79 Å². The molecule has 0 spiro atoms. The molecule has 0 saturated carbocycles. The lowest BCUT2D eigenvalue weighted by Gasteiger charge is -2.31. The van der Waals surface area contributed by atoms with Crippen LogP contribution in [0.3, 0.4) is 0 Å². The van der Waals surface area contributed by atoms with Crippen LogP contribution in [0, 0.1) is 0 Å². The molecule has 1 amide bonds. The zero-order chi connectivity index (χ0) is 13.9. The summed E-state index contributed by atoms with van der Waals surface area (Å²) in [5.41, 5.74) is 2.15. The lowest BCUT2D eigenvalue weighted by atomic mass is 9.90. The molecule has 0 bridgehead atoms. The molecule has 2 aromatic rings. The van der Waals surface area contributed by atoms with E-state index in [2.05, 4.69) is 17.4 Å². The van der Waals surface area contributed by atoms with Crippen molar-refractivity contribution < 1.29 is 4.79 Å². The maximum atomic E-state index is 12.4. The number of rotatable bonds is 2. The van der Waals surface area contributed by atoms with Crippen molar-refractivity contribution in [3.05, 3.63) is 71.8 Å². The predicted molar refractivity (Wildman–Crippen MR) is 86.7 cm³/mol. The van der Waals surface area contributed by atoms with Gasteiger partial charge in [-0.1, -0.05) is 84.6 Å². The molecule has 2 atom stereocenters. The fourth-order valence-electron chi connectivity index (χ4n) is 2.42. The van der Waals surface area contributed by atoms with E-state index in [0.29, 0.717) is 4.32 Å². The van der Waals surface area contributed by atoms with E-state index in [1.54, 1.807) is 11.8 Å². The summed E-state index contributed by atoms with van der Waals surface area (Å²) in [4.78, 5) is 12.4. The molecule has 20 heavy (non-hydrogen) atoms. The zero-order valence-corrected chi connectivity index (χ0v) is 12.3. The van der Waals surface area contributed by atoms with Crippen LogP contribution in [0.4, 0.5) is 0 Å². The standard InChI is InChI=1S/C16H13NOS2/c18-15-13(11-7-3-1-4-8-11)14(20-16(19)17-15)12-9-5-2-6-10-12/h1-10,13-14H,(H,17,18,19)/t13-,14+/m1/s1. The van der Waals surface area contributed by atoms with Crippen LogP contribution < -0.4 is 5.32 Å². The molecule has 0 unspecified atom stereocenters. The number of thiocarbonyl (C=S) groups is 1. The number of benzene rings is 2. The van der Waals surface area contributed by atoms with Crippen molar-refractivity contribution in [1.82, 2.24) is 5.32 Å². The Hall–Kier alpha value is -1.65. The second kappa shape index (κ2) is 5.77. The number of thioether (sulfide) groups is 1. The number of amides is 1. The van der Waals surface area contributed by atoms with Crippen LogP contribution in [0.15, 0.2) is 60.7 Å². The van der Waals surface area contributed by atoms with Crippen molar-refractivity contribution in [3.63, 3.8) is 0 Å². The Morgan fingerprint density at radius 1 is 0.900 bits per heavy atom. The molecular weight excluding hydrogens is 286 g/mol. The molecule has 3 rings (SSSR count). The third kappa shape index (κ3) is 2.62. The average molecular weight is 299 g/mol. The third-order valence-electron chi connectivity index (χ3n) is 3.33. The van der Waals surface area contributed by atoms with Crippen LogP contribution in [-0.2, 0) is 4.79 Å². The Morgan fingerprint density at radius 2 is 1.45 bits per heavy atom. The van der Waals surface area contributed by atoms with Gasteiger partial charge >= 0.3 is 0 Å². The Bertz CT molecular complexity index is 627. The molecular formula is C16H13NOS2. The minimum absolute atomic E-state index is 0.0196. The zero-order valence-electron chi connectivity index (χ0n) is 10.7. The van der Waals surface area contributed by atoms with Crippen LogP contribution >= 0.6 is 24.0 Å².